The van der Waals surface area contributed by atoms with Crippen LogP contribution in [0.5, 0.6) is 5.75 Å². The topological polar surface area (TPSA) is 58.6 Å². The van der Waals surface area contributed by atoms with Crippen LogP contribution in [0.3, 0.4) is 0 Å². The lowest BCUT2D eigenvalue weighted by atomic mass is 10.0. The molecular formula is C30H35ClN2O3. The van der Waals surface area contributed by atoms with Gasteiger partial charge in [-0.3, -0.25) is 9.59 Å². The highest BCUT2D eigenvalue weighted by Gasteiger charge is 2.30. The van der Waals surface area contributed by atoms with Gasteiger partial charge in [-0.15, -0.1) is 0 Å². The molecule has 0 spiro atoms. The average molecular weight is 507 g/mol. The number of rotatable bonds is 12. The van der Waals surface area contributed by atoms with Crippen LogP contribution >= 0.6 is 11.6 Å². The van der Waals surface area contributed by atoms with E-state index in [-0.39, 0.29) is 18.4 Å². The van der Waals surface area contributed by atoms with Crippen molar-refractivity contribution in [3.63, 3.8) is 0 Å². The minimum Gasteiger partial charge on any atom is -0.484 e. The van der Waals surface area contributed by atoms with Gasteiger partial charge >= 0.3 is 0 Å². The Morgan fingerprint density at radius 3 is 2.11 bits per heavy atom. The van der Waals surface area contributed by atoms with E-state index in [4.69, 9.17) is 16.3 Å². The Balaban J connectivity index is 1.87. The largest absolute Gasteiger partial charge is 0.484 e. The fourth-order valence-corrected chi connectivity index (χ4v) is 4.17. The van der Waals surface area contributed by atoms with Crippen molar-refractivity contribution in [2.24, 2.45) is 0 Å². The van der Waals surface area contributed by atoms with Crippen molar-refractivity contribution >= 4 is 23.4 Å². The molecular weight excluding hydrogens is 472 g/mol. The van der Waals surface area contributed by atoms with Crippen molar-refractivity contribution in [2.75, 3.05) is 13.2 Å². The zero-order valence-electron chi connectivity index (χ0n) is 21.3. The van der Waals surface area contributed by atoms with E-state index in [0.717, 1.165) is 35.1 Å². The molecule has 3 aromatic carbocycles. The maximum Gasteiger partial charge on any atom is 0.261 e. The van der Waals surface area contributed by atoms with Crippen LogP contribution in [0.4, 0.5) is 0 Å². The molecule has 36 heavy (non-hydrogen) atoms. The Labute approximate surface area is 219 Å². The van der Waals surface area contributed by atoms with Crippen LogP contribution < -0.4 is 10.1 Å². The number of nitrogens with one attached hydrogen (secondary N) is 1. The van der Waals surface area contributed by atoms with E-state index in [9.17, 15) is 9.59 Å². The molecule has 0 aliphatic heterocycles. The summed E-state index contributed by atoms with van der Waals surface area (Å²) < 4.78 is 5.90. The standard InChI is InChI=1S/C30H35ClN2O3/c1-4-5-16-32-30(35)27(19-24-12-8-6-9-13-24)33(20-25-14-10-7-11-15-25)28(34)21-36-26-17-22(2)29(31)23(3)18-26/h6-15,17-18,27H,4-5,16,19-21H2,1-3H3,(H,32,35)/t27-/m1/s1. The third-order valence-corrected chi connectivity index (χ3v) is 6.66. The molecule has 0 bridgehead atoms. The zero-order valence-corrected chi connectivity index (χ0v) is 22.1. The second-order valence-corrected chi connectivity index (χ2v) is 9.40. The van der Waals surface area contributed by atoms with Crippen LogP contribution in [0.15, 0.2) is 72.8 Å². The van der Waals surface area contributed by atoms with Crippen molar-refractivity contribution in [1.29, 1.82) is 0 Å². The number of hydrogen-bond donors (Lipinski definition) is 1. The van der Waals surface area contributed by atoms with Crippen LogP contribution in [-0.2, 0) is 22.6 Å². The number of unbranched alkanes of at least 4 members (excludes halogenated alkanes) is 1. The minimum atomic E-state index is -0.672. The van der Waals surface area contributed by atoms with Gasteiger partial charge in [0.1, 0.15) is 11.8 Å². The Bertz CT molecular complexity index is 1110. The molecule has 0 radical (unpaired) electrons. The molecule has 0 aromatic heterocycles. The van der Waals surface area contributed by atoms with Gasteiger partial charge < -0.3 is 15.0 Å². The first-order valence-electron chi connectivity index (χ1n) is 12.4. The van der Waals surface area contributed by atoms with Gasteiger partial charge in [-0.25, -0.2) is 0 Å². The van der Waals surface area contributed by atoms with Gasteiger partial charge in [0.25, 0.3) is 5.91 Å². The van der Waals surface area contributed by atoms with Gasteiger partial charge in [0, 0.05) is 24.5 Å². The van der Waals surface area contributed by atoms with Crippen LogP contribution in [0.25, 0.3) is 0 Å². The van der Waals surface area contributed by atoms with Crippen molar-refractivity contribution in [3.8, 4) is 5.75 Å². The molecule has 1 N–H and O–H groups in total. The molecule has 0 heterocycles. The molecule has 1 atom stereocenters. The normalized spacial score (nSPS) is 11.6. The SMILES string of the molecule is CCCCNC(=O)[C@@H](Cc1ccccc1)N(Cc1ccccc1)C(=O)COc1cc(C)c(Cl)c(C)c1. The Kier molecular flexibility index (Phi) is 10.4. The third kappa shape index (κ3) is 7.85. The number of carbonyl (C=O) groups excluding carboxylic acids is 2. The Morgan fingerprint density at radius 2 is 1.53 bits per heavy atom. The predicted molar refractivity (Wildman–Crippen MR) is 145 cm³/mol. The first-order chi connectivity index (χ1) is 17.4. The molecule has 190 valence electrons. The third-order valence-electron chi connectivity index (χ3n) is 6.07. The number of carbonyl (C=O) groups is 2. The lowest BCUT2D eigenvalue weighted by molar-refractivity contribution is -0.142. The lowest BCUT2D eigenvalue weighted by Gasteiger charge is -2.31. The fraction of sp³-hybridized carbons (Fsp3) is 0.333. The fourth-order valence-electron chi connectivity index (χ4n) is 4.06. The number of aryl methyl sites for hydroxylation is 2. The van der Waals surface area contributed by atoms with Crippen LogP contribution in [0.2, 0.25) is 5.02 Å². The average Bonchev–Trinajstić information content (AvgIpc) is 2.89. The van der Waals surface area contributed by atoms with E-state index in [1.54, 1.807) is 4.90 Å². The van der Waals surface area contributed by atoms with Crippen LogP contribution in [-0.4, -0.2) is 35.9 Å². The number of amides is 2. The number of halogens is 1. The summed E-state index contributed by atoms with van der Waals surface area (Å²) in [7, 11) is 0. The first kappa shape index (κ1) is 27.3. The Morgan fingerprint density at radius 1 is 0.944 bits per heavy atom. The van der Waals surface area contributed by atoms with Crippen molar-refractivity contribution in [3.05, 3.63) is 100 Å². The summed E-state index contributed by atoms with van der Waals surface area (Å²) in [5, 5.41) is 3.72. The summed E-state index contributed by atoms with van der Waals surface area (Å²) in [6, 6.07) is 22.5. The van der Waals surface area contributed by atoms with Gasteiger partial charge in [-0.2, -0.15) is 0 Å². The molecule has 0 saturated heterocycles. The van der Waals surface area contributed by atoms with Crippen molar-refractivity contribution in [1.82, 2.24) is 10.2 Å². The molecule has 0 aliphatic rings. The van der Waals surface area contributed by atoms with Gasteiger partial charge in [-0.1, -0.05) is 85.6 Å². The molecule has 0 aliphatic carbocycles. The zero-order chi connectivity index (χ0) is 25.9. The van der Waals surface area contributed by atoms with E-state index in [1.165, 1.54) is 0 Å². The second-order valence-electron chi connectivity index (χ2n) is 9.02. The van der Waals surface area contributed by atoms with E-state index in [0.29, 0.717) is 30.3 Å². The summed E-state index contributed by atoms with van der Waals surface area (Å²) in [6.45, 7) is 6.59. The maximum atomic E-state index is 13.6. The summed E-state index contributed by atoms with van der Waals surface area (Å²) in [4.78, 5) is 28.7. The highest BCUT2D eigenvalue weighted by atomic mass is 35.5. The quantitative estimate of drug-likeness (QED) is 0.311. The van der Waals surface area contributed by atoms with Gasteiger partial charge in [0.15, 0.2) is 6.61 Å². The molecule has 0 saturated carbocycles. The lowest BCUT2D eigenvalue weighted by Crippen LogP contribution is -2.51. The maximum absolute atomic E-state index is 13.6. The molecule has 2 amide bonds. The highest BCUT2D eigenvalue weighted by Crippen LogP contribution is 2.26. The van der Waals surface area contributed by atoms with E-state index >= 15 is 0 Å². The van der Waals surface area contributed by atoms with Gasteiger partial charge in [0.05, 0.1) is 0 Å². The Hall–Kier alpha value is -3.31. The summed E-state index contributed by atoms with van der Waals surface area (Å²) in [6.07, 6.45) is 2.27. The van der Waals surface area contributed by atoms with Crippen LogP contribution in [0.1, 0.15) is 42.0 Å². The van der Waals surface area contributed by atoms with Gasteiger partial charge in [0.2, 0.25) is 5.91 Å². The van der Waals surface area contributed by atoms with E-state index < -0.39 is 6.04 Å². The second kappa shape index (κ2) is 13.7. The number of ether oxygens (including phenoxy) is 1. The smallest absolute Gasteiger partial charge is 0.261 e. The van der Waals surface area contributed by atoms with Crippen molar-refractivity contribution in [2.45, 2.75) is 52.6 Å². The van der Waals surface area contributed by atoms with Crippen molar-refractivity contribution < 1.29 is 14.3 Å². The molecule has 0 fully saturated rings. The van der Waals surface area contributed by atoms with E-state index in [2.05, 4.69) is 12.2 Å². The van der Waals surface area contributed by atoms with E-state index in [1.807, 2.05) is 86.6 Å². The molecule has 0 unspecified atom stereocenters. The molecule has 3 aromatic rings. The summed E-state index contributed by atoms with van der Waals surface area (Å²) in [5.41, 5.74) is 3.71. The minimum absolute atomic E-state index is 0.158. The first-order valence-corrected chi connectivity index (χ1v) is 12.8. The van der Waals surface area contributed by atoms with Crippen LogP contribution in [0, 0.1) is 13.8 Å². The molecule has 3 rings (SSSR count). The molecule has 6 heteroatoms. The predicted octanol–water partition coefficient (Wildman–Crippen LogP) is 5.89. The summed E-state index contributed by atoms with van der Waals surface area (Å²) >= 11 is 6.28. The summed E-state index contributed by atoms with van der Waals surface area (Å²) in [5.74, 6) is 0.167. The monoisotopic (exact) mass is 506 g/mol. The number of nitrogens with zero attached hydrogens (tertiary/aromatic N) is 1. The van der Waals surface area contributed by atoms with Gasteiger partial charge in [-0.05, 0) is 54.7 Å². The molecule has 5 nitrogen and oxygen atoms in total. The number of benzene rings is 3. The highest BCUT2D eigenvalue weighted by molar-refractivity contribution is 6.32. The number of hydrogen-bond acceptors (Lipinski definition) is 3.